The third-order valence-corrected chi connectivity index (χ3v) is 6.72. The summed E-state index contributed by atoms with van der Waals surface area (Å²) in [7, 11) is 1.65. The Morgan fingerprint density at radius 2 is 1.94 bits per heavy atom. The van der Waals surface area contributed by atoms with Crippen LogP contribution >= 0.6 is 12.2 Å². The van der Waals surface area contributed by atoms with Crippen molar-refractivity contribution in [2.24, 2.45) is 0 Å². The van der Waals surface area contributed by atoms with E-state index in [0.717, 1.165) is 33.9 Å². The number of thiocarbonyl (C=S) groups is 1. The molecule has 0 bridgehead atoms. The van der Waals surface area contributed by atoms with Crippen LogP contribution in [0.4, 0.5) is 0 Å². The molecule has 1 aliphatic heterocycles. The molecule has 2 N–H and O–H groups in total. The molecule has 2 atom stereocenters. The van der Waals surface area contributed by atoms with E-state index in [1.54, 1.807) is 31.5 Å². The minimum absolute atomic E-state index is 0.202. The third kappa shape index (κ3) is 4.55. The van der Waals surface area contributed by atoms with Crippen molar-refractivity contribution >= 4 is 23.3 Å². The molecule has 1 aliphatic rings. The summed E-state index contributed by atoms with van der Waals surface area (Å²) in [5, 5.41) is 13.4. The van der Waals surface area contributed by atoms with E-state index in [4.69, 9.17) is 21.4 Å². The number of carboxylic acid groups (broad SMARTS) is 1. The molecule has 4 aromatic rings. The van der Waals surface area contributed by atoms with Gasteiger partial charge in [-0.15, -0.1) is 0 Å². The number of carbonyl (C=O) groups is 1. The van der Waals surface area contributed by atoms with Crippen LogP contribution in [0.3, 0.4) is 0 Å². The van der Waals surface area contributed by atoms with Gasteiger partial charge in [-0.05, 0) is 78.8 Å². The summed E-state index contributed by atoms with van der Waals surface area (Å²) in [5.74, 6) is 1.25. The molecule has 0 radical (unpaired) electrons. The summed E-state index contributed by atoms with van der Waals surface area (Å²) in [4.78, 5) is 18.0. The molecule has 0 amide bonds. The number of methoxy groups -OCH3 is 1. The summed E-state index contributed by atoms with van der Waals surface area (Å²) >= 11 is 5.77. The van der Waals surface area contributed by atoms with Gasteiger partial charge in [0.1, 0.15) is 23.3 Å². The first kappa shape index (κ1) is 23.6. The molecule has 8 heteroatoms. The van der Waals surface area contributed by atoms with Crippen molar-refractivity contribution in [2.75, 3.05) is 7.11 Å². The fourth-order valence-corrected chi connectivity index (χ4v) is 4.85. The predicted octanol–water partition coefficient (Wildman–Crippen LogP) is 5.53. The average molecular weight is 500 g/mol. The Hall–Kier alpha value is -4.17. The Morgan fingerprint density at radius 3 is 2.61 bits per heavy atom. The minimum Gasteiger partial charge on any atom is -0.497 e. The summed E-state index contributed by atoms with van der Waals surface area (Å²) in [6.45, 7) is 2.45. The fraction of sp³-hybridized carbons (Fsp3) is 0.179. The Kier molecular flexibility index (Phi) is 6.43. The van der Waals surface area contributed by atoms with Gasteiger partial charge in [0, 0.05) is 18.3 Å². The number of aromatic nitrogens is 1. The van der Waals surface area contributed by atoms with Gasteiger partial charge in [-0.3, -0.25) is 4.98 Å². The van der Waals surface area contributed by atoms with Gasteiger partial charge in [0.25, 0.3) is 0 Å². The molecule has 5 rings (SSSR count). The first-order valence-electron chi connectivity index (χ1n) is 11.5. The van der Waals surface area contributed by atoms with Crippen molar-refractivity contribution in [1.82, 2.24) is 15.2 Å². The zero-order valence-corrected chi connectivity index (χ0v) is 20.7. The highest BCUT2D eigenvalue weighted by Crippen LogP contribution is 2.41. The molecule has 0 spiro atoms. The summed E-state index contributed by atoms with van der Waals surface area (Å²) < 4.78 is 11.7. The van der Waals surface area contributed by atoms with Gasteiger partial charge in [-0.2, -0.15) is 0 Å². The smallest absolute Gasteiger partial charge is 0.335 e. The first-order chi connectivity index (χ1) is 17.4. The summed E-state index contributed by atoms with van der Waals surface area (Å²) in [6, 6.07) is 22.2. The molecule has 7 nitrogen and oxygen atoms in total. The average Bonchev–Trinajstić information content (AvgIpc) is 3.49. The van der Waals surface area contributed by atoms with E-state index in [9.17, 15) is 9.90 Å². The summed E-state index contributed by atoms with van der Waals surface area (Å²) in [5.41, 5.74) is 3.86. The molecule has 0 saturated carbocycles. The number of hydrogen-bond acceptors (Lipinski definition) is 5. The van der Waals surface area contributed by atoms with Gasteiger partial charge < -0.3 is 24.5 Å². The molecule has 3 heterocycles. The largest absolute Gasteiger partial charge is 0.497 e. The maximum Gasteiger partial charge on any atom is 0.335 e. The fourth-order valence-electron chi connectivity index (χ4n) is 4.54. The monoisotopic (exact) mass is 499 g/mol. The van der Waals surface area contributed by atoms with Crippen LogP contribution in [0.5, 0.6) is 5.75 Å². The Bertz CT molecular complexity index is 1400. The number of pyridine rings is 1. The number of furan rings is 1. The van der Waals surface area contributed by atoms with E-state index in [0.29, 0.717) is 17.4 Å². The number of aromatic carboxylic acids is 1. The number of carboxylic acids is 1. The van der Waals surface area contributed by atoms with Crippen LogP contribution in [-0.4, -0.2) is 33.2 Å². The predicted molar refractivity (Wildman–Crippen MR) is 140 cm³/mol. The molecular weight excluding hydrogens is 474 g/mol. The number of ether oxygens (including phenoxy) is 1. The maximum atomic E-state index is 11.3. The number of nitrogens with zero attached hydrogens (tertiary/aromatic N) is 2. The van der Waals surface area contributed by atoms with Crippen molar-refractivity contribution in [1.29, 1.82) is 0 Å². The number of aryl methyl sites for hydroxylation is 1. The van der Waals surface area contributed by atoms with Crippen molar-refractivity contribution in [2.45, 2.75) is 25.6 Å². The Morgan fingerprint density at radius 1 is 1.14 bits per heavy atom. The zero-order valence-electron chi connectivity index (χ0n) is 19.8. The van der Waals surface area contributed by atoms with Crippen molar-refractivity contribution < 1.29 is 19.1 Å². The van der Waals surface area contributed by atoms with Crippen LogP contribution in [-0.2, 0) is 6.54 Å². The quantitative estimate of drug-likeness (QED) is 0.321. The highest BCUT2D eigenvalue weighted by molar-refractivity contribution is 7.80. The van der Waals surface area contributed by atoms with Crippen molar-refractivity contribution in [3.63, 3.8) is 0 Å². The van der Waals surface area contributed by atoms with E-state index in [-0.39, 0.29) is 17.6 Å². The van der Waals surface area contributed by atoms with E-state index in [1.165, 1.54) is 0 Å². The summed E-state index contributed by atoms with van der Waals surface area (Å²) in [6.07, 6.45) is 1.77. The number of nitrogens with one attached hydrogen (secondary N) is 1. The Labute approximate surface area is 214 Å². The number of hydrogen-bond donors (Lipinski definition) is 2. The number of rotatable bonds is 7. The standard InChI is InChI=1S/C28H25N3O4S/c1-17-15-19(27(32)33)8-11-21(17)23-12-13-24(35-23)26-25(22-5-3-4-14-29-22)30-28(36)31(26)16-18-6-9-20(34-2)10-7-18/h3-15,25-26H,16H2,1-2H3,(H,30,36)(H,32,33). The van der Waals surface area contributed by atoms with Gasteiger partial charge in [-0.25, -0.2) is 4.79 Å². The second-order valence-corrected chi connectivity index (χ2v) is 9.03. The maximum absolute atomic E-state index is 11.3. The van der Waals surface area contributed by atoms with E-state index >= 15 is 0 Å². The molecule has 1 fully saturated rings. The second kappa shape index (κ2) is 9.83. The van der Waals surface area contributed by atoms with Gasteiger partial charge in [0.05, 0.1) is 24.4 Å². The van der Waals surface area contributed by atoms with Crippen LogP contribution in [0, 0.1) is 6.92 Å². The van der Waals surface area contributed by atoms with Crippen molar-refractivity contribution in [3.05, 3.63) is 107 Å². The highest BCUT2D eigenvalue weighted by Gasteiger charge is 2.41. The van der Waals surface area contributed by atoms with Gasteiger partial charge >= 0.3 is 5.97 Å². The molecule has 36 heavy (non-hydrogen) atoms. The SMILES string of the molecule is COc1ccc(CN2C(=S)NC(c3ccccn3)C2c2ccc(-c3ccc(C(=O)O)cc3C)o2)cc1. The normalized spacial score (nSPS) is 17.2. The van der Waals surface area contributed by atoms with E-state index < -0.39 is 5.97 Å². The zero-order chi connectivity index (χ0) is 25.2. The first-order valence-corrected chi connectivity index (χ1v) is 11.9. The van der Waals surface area contributed by atoms with Crippen LogP contribution < -0.4 is 10.1 Å². The second-order valence-electron chi connectivity index (χ2n) is 8.64. The lowest BCUT2D eigenvalue weighted by molar-refractivity contribution is 0.0696. The molecule has 1 saturated heterocycles. The lowest BCUT2D eigenvalue weighted by Crippen LogP contribution is -2.29. The van der Waals surface area contributed by atoms with Gasteiger partial charge in [-0.1, -0.05) is 24.3 Å². The third-order valence-electron chi connectivity index (χ3n) is 6.37. The van der Waals surface area contributed by atoms with Crippen molar-refractivity contribution in [3.8, 4) is 17.1 Å². The molecule has 2 unspecified atom stereocenters. The van der Waals surface area contributed by atoms with Crippen LogP contribution in [0.15, 0.2) is 83.4 Å². The molecule has 2 aromatic carbocycles. The number of benzene rings is 2. The van der Waals surface area contributed by atoms with Gasteiger partial charge in [0.2, 0.25) is 0 Å². The molecular formula is C28H25N3O4S. The Balaban J connectivity index is 1.52. The highest BCUT2D eigenvalue weighted by atomic mass is 32.1. The molecule has 2 aromatic heterocycles. The lowest BCUT2D eigenvalue weighted by atomic mass is 10.0. The minimum atomic E-state index is -0.956. The van der Waals surface area contributed by atoms with Crippen LogP contribution in [0.2, 0.25) is 0 Å². The van der Waals surface area contributed by atoms with E-state index in [2.05, 4.69) is 15.2 Å². The van der Waals surface area contributed by atoms with E-state index in [1.807, 2.05) is 61.5 Å². The van der Waals surface area contributed by atoms with Gasteiger partial charge in [0.15, 0.2) is 5.11 Å². The lowest BCUT2D eigenvalue weighted by Gasteiger charge is -2.26. The van der Waals surface area contributed by atoms with Crippen LogP contribution in [0.25, 0.3) is 11.3 Å². The molecule has 0 aliphatic carbocycles. The molecule has 182 valence electrons. The van der Waals surface area contributed by atoms with Crippen LogP contribution in [0.1, 0.15) is 45.0 Å². The topological polar surface area (TPSA) is 87.8 Å².